The molecule has 1 aliphatic heterocycles. The number of methoxy groups -OCH3 is 1. The van der Waals surface area contributed by atoms with Crippen LogP contribution >= 0.6 is 0 Å². The number of amides is 1. The predicted molar refractivity (Wildman–Crippen MR) is 132 cm³/mol. The molecule has 0 unspecified atom stereocenters. The Morgan fingerprint density at radius 1 is 0.882 bits per heavy atom. The number of carbonyl (C=O) groups is 1. The van der Waals surface area contributed by atoms with E-state index in [0.717, 1.165) is 19.6 Å². The Labute approximate surface area is 201 Å². The second-order valence-electron chi connectivity index (χ2n) is 8.17. The third-order valence-electron chi connectivity index (χ3n) is 5.93. The first-order valence-electron chi connectivity index (χ1n) is 11.2. The van der Waals surface area contributed by atoms with Crippen LogP contribution in [0.5, 0.6) is 5.75 Å². The van der Waals surface area contributed by atoms with Crippen LogP contribution in [0.1, 0.15) is 5.56 Å². The highest BCUT2D eigenvalue weighted by Crippen LogP contribution is 2.27. The molecule has 1 fully saturated rings. The zero-order valence-electron chi connectivity index (χ0n) is 19.2. The van der Waals surface area contributed by atoms with E-state index in [1.807, 2.05) is 18.2 Å². The zero-order chi connectivity index (χ0) is 24.0. The molecule has 0 bridgehead atoms. The van der Waals surface area contributed by atoms with Crippen LogP contribution in [0, 0.1) is 0 Å². The average molecular weight is 480 g/mol. The molecule has 3 aromatic rings. The number of piperazine rings is 1. The molecule has 0 atom stereocenters. The first-order valence-corrected chi connectivity index (χ1v) is 12.7. The summed E-state index contributed by atoms with van der Waals surface area (Å²) in [5.74, 6) is 0.300. The van der Waals surface area contributed by atoms with Gasteiger partial charge in [0.2, 0.25) is 5.91 Å². The van der Waals surface area contributed by atoms with E-state index >= 15 is 0 Å². The van der Waals surface area contributed by atoms with Crippen LogP contribution in [-0.2, 0) is 21.4 Å². The Hall–Kier alpha value is -3.36. The zero-order valence-corrected chi connectivity index (χ0v) is 20.0. The Morgan fingerprint density at radius 3 is 2.18 bits per heavy atom. The van der Waals surface area contributed by atoms with Crippen molar-refractivity contribution in [3.8, 4) is 5.75 Å². The number of ether oxygens (including phenoxy) is 1. The number of hydrogen-bond acceptors (Lipinski definition) is 5. The summed E-state index contributed by atoms with van der Waals surface area (Å²) in [4.78, 5) is 17.4. The van der Waals surface area contributed by atoms with Gasteiger partial charge in [-0.3, -0.25) is 14.0 Å². The van der Waals surface area contributed by atoms with Gasteiger partial charge in [-0.2, -0.15) is 0 Å². The first kappa shape index (κ1) is 23.8. The highest BCUT2D eigenvalue weighted by atomic mass is 32.2. The number of benzene rings is 3. The average Bonchev–Trinajstić information content (AvgIpc) is 2.88. The maximum absolute atomic E-state index is 13.5. The fraction of sp³-hybridized carbons (Fsp3) is 0.269. The van der Waals surface area contributed by atoms with Gasteiger partial charge in [0.25, 0.3) is 10.0 Å². The van der Waals surface area contributed by atoms with Crippen molar-refractivity contribution in [2.24, 2.45) is 0 Å². The highest BCUT2D eigenvalue weighted by molar-refractivity contribution is 7.92. The summed E-state index contributed by atoms with van der Waals surface area (Å²) >= 11 is 0. The van der Waals surface area contributed by atoms with Crippen LogP contribution in [0.4, 0.5) is 5.69 Å². The summed E-state index contributed by atoms with van der Waals surface area (Å²) in [6.45, 7) is 3.16. The lowest BCUT2D eigenvalue weighted by Crippen LogP contribution is -2.51. The maximum atomic E-state index is 13.5. The van der Waals surface area contributed by atoms with Gasteiger partial charge in [0.05, 0.1) is 17.7 Å². The number of rotatable bonds is 8. The lowest BCUT2D eigenvalue weighted by atomic mass is 10.2. The molecule has 7 nitrogen and oxygen atoms in total. The Bertz CT molecular complexity index is 1190. The second-order valence-corrected chi connectivity index (χ2v) is 10.0. The van der Waals surface area contributed by atoms with Crippen molar-refractivity contribution >= 4 is 21.6 Å². The number of sulfonamides is 1. The van der Waals surface area contributed by atoms with Gasteiger partial charge >= 0.3 is 0 Å². The lowest BCUT2D eigenvalue weighted by molar-refractivity contribution is -0.131. The summed E-state index contributed by atoms with van der Waals surface area (Å²) in [5.41, 5.74) is 1.62. The van der Waals surface area contributed by atoms with E-state index in [9.17, 15) is 13.2 Å². The summed E-state index contributed by atoms with van der Waals surface area (Å²) in [7, 11) is -2.42. The molecule has 0 N–H and O–H groups in total. The standard InChI is InChI=1S/C26H29N3O4S/c1-33-24-12-8-11-23(19-24)29(34(31,32)25-13-6-3-7-14-25)21-26(30)28-17-15-27(16-18-28)20-22-9-4-2-5-10-22/h2-14,19H,15-18,20-21H2,1H3. The van der Waals surface area contributed by atoms with E-state index in [-0.39, 0.29) is 17.3 Å². The predicted octanol–water partition coefficient (Wildman–Crippen LogP) is 3.23. The lowest BCUT2D eigenvalue weighted by Gasteiger charge is -2.36. The Morgan fingerprint density at radius 2 is 1.53 bits per heavy atom. The molecule has 178 valence electrons. The van der Waals surface area contributed by atoms with Crippen molar-refractivity contribution in [1.29, 1.82) is 0 Å². The van der Waals surface area contributed by atoms with E-state index in [0.29, 0.717) is 24.5 Å². The monoisotopic (exact) mass is 479 g/mol. The third kappa shape index (κ3) is 5.58. The Balaban J connectivity index is 1.50. The molecule has 1 amide bonds. The maximum Gasteiger partial charge on any atom is 0.264 e. The Kier molecular flexibility index (Phi) is 7.49. The molecule has 1 saturated heterocycles. The van der Waals surface area contributed by atoms with E-state index in [4.69, 9.17) is 4.74 Å². The minimum absolute atomic E-state index is 0.137. The van der Waals surface area contributed by atoms with Gasteiger partial charge in [0.1, 0.15) is 12.3 Å². The van der Waals surface area contributed by atoms with E-state index < -0.39 is 10.0 Å². The van der Waals surface area contributed by atoms with Gasteiger partial charge in [0, 0.05) is 38.8 Å². The largest absolute Gasteiger partial charge is 0.497 e. The smallest absolute Gasteiger partial charge is 0.264 e. The fourth-order valence-corrected chi connectivity index (χ4v) is 5.45. The minimum Gasteiger partial charge on any atom is -0.497 e. The van der Waals surface area contributed by atoms with E-state index in [1.54, 1.807) is 47.4 Å². The van der Waals surface area contributed by atoms with Gasteiger partial charge in [-0.25, -0.2) is 8.42 Å². The SMILES string of the molecule is COc1cccc(N(CC(=O)N2CCN(Cc3ccccc3)CC2)S(=O)(=O)c2ccccc2)c1. The van der Waals surface area contributed by atoms with Crippen molar-refractivity contribution in [2.45, 2.75) is 11.4 Å². The van der Waals surface area contributed by atoms with Crippen molar-refractivity contribution in [3.05, 3.63) is 90.5 Å². The fourth-order valence-electron chi connectivity index (χ4n) is 4.02. The van der Waals surface area contributed by atoms with Gasteiger partial charge in [-0.15, -0.1) is 0 Å². The molecule has 0 radical (unpaired) electrons. The molecule has 0 saturated carbocycles. The quantitative estimate of drug-likeness (QED) is 0.496. The minimum atomic E-state index is -3.94. The number of hydrogen-bond donors (Lipinski definition) is 0. The molecule has 4 rings (SSSR count). The van der Waals surface area contributed by atoms with Crippen LogP contribution in [0.25, 0.3) is 0 Å². The molecular formula is C26H29N3O4S. The van der Waals surface area contributed by atoms with Crippen molar-refractivity contribution in [1.82, 2.24) is 9.80 Å². The van der Waals surface area contributed by atoms with Gasteiger partial charge in [-0.1, -0.05) is 54.6 Å². The molecule has 1 aliphatic rings. The highest BCUT2D eigenvalue weighted by Gasteiger charge is 2.30. The summed E-state index contributed by atoms with van der Waals surface area (Å²) < 4.78 is 33.5. The van der Waals surface area contributed by atoms with Crippen LogP contribution in [0.15, 0.2) is 89.8 Å². The molecule has 1 heterocycles. The van der Waals surface area contributed by atoms with Gasteiger partial charge < -0.3 is 9.64 Å². The van der Waals surface area contributed by atoms with Crippen molar-refractivity contribution in [3.63, 3.8) is 0 Å². The van der Waals surface area contributed by atoms with Crippen LogP contribution in [-0.4, -0.2) is 64.0 Å². The van der Waals surface area contributed by atoms with Gasteiger partial charge in [-0.05, 0) is 29.8 Å². The molecule has 8 heteroatoms. The summed E-state index contributed by atoms with van der Waals surface area (Å²) in [6, 6.07) is 25.2. The second kappa shape index (κ2) is 10.7. The van der Waals surface area contributed by atoms with Crippen LogP contribution in [0.2, 0.25) is 0 Å². The first-order chi connectivity index (χ1) is 16.5. The van der Waals surface area contributed by atoms with Gasteiger partial charge in [0.15, 0.2) is 0 Å². The van der Waals surface area contributed by atoms with Crippen molar-refractivity contribution in [2.75, 3.05) is 44.1 Å². The number of anilines is 1. The van der Waals surface area contributed by atoms with E-state index in [1.165, 1.54) is 29.1 Å². The molecular weight excluding hydrogens is 450 g/mol. The normalized spacial score (nSPS) is 14.6. The molecule has 3 aromatic carbocycles. The van der Waals surface area contributed by atoms with E-state index in [2.05, 4.69) is 17.0 Å². The topological polar surface area (TPSA) is 70.2 Å². The third-order valence-corrected chi connectivity index (χ3v) is 7.71. The summed E-state index contributed by atoms with van der Waals surface area (Å²) in [5, 5.41) is 0. The number of nitrogens with zero attached hydrogens (tertiary/aromatic N) is 3. The molecule has 0 spiro atoms. The van der Waals surface area contributed by atoms with Crippen molar-refractivity contribution < 1.29 is 17.9 Å². The van der Waals surface area contributed by atoms with Crippen LogP contribution in [0.3, 0.4) is 0 Å². The summed E-state index contributed by atoms with van der Waals surface area (Å²) in [6.07, 6.45) is 0. The molecule has 34 heavy (non-hydrogen) atoms. The molecule has 0 aromatic heterocycles. The molecule has 0 aliphatic carbocycles. The van der Waals surface area contributed by atoms with Crippen LogP contribution < -0.4 is 9.04 Å². The number of carbonyl (C=O) groups excluding carboxylic acids is 1.